The number of rotatable bonds is 4. The number of aromatic nitrogens is 2. The minimum Gasteiger partial charge on any atom is -0.455 e. The van der Waals surface area contributed by atoms with E-state index in [1.54, 1.807) is 16.7 Å². The van der Waals surface area contributed by atoms with Gasteiger partial charge in [-0.05, 0) is 25.1 Å². The molecule has 0 atom stereocenters. The van der Waals surface area contributed by atoms with Crippen molar-refractivity contribution in [1.29, 1.82) is 0 Å². The number of halogens is 1. The fourth-order valence-corrected chi connectivity index (χ4v) is 1.74. The van der Waals surface area contributed by atoms with Gasteiger partial charge in [0.05, 0.1) is 5.69 Å². The van der Waals surface area contributed by atoms with Crippen LogP contribution in [0.15, 0.2) is 30.5 Å². The third-order valence-electron chi connectivity index (χ3n) is 2.32. The summed E-state index contributed by atoms with van der Waals surface area (Å²) < 4.78 is 6.45. The van der Waals surface area contributed by atoms with Crippen LogP contribution in [0.1, 0.15) is 12.6 Å². The largest absolute Gasteiger partial charge is 0.455 e. The van der Waals surface area contributed by atoms with Crippen LogP contribution >= 0.6 is 11.6 Å². The van der Waals surface area contributed by atoms with Gasteiger partial charge in [0.1, 0.15) is 12.3 Å². The number of pyridine rings is 1. The standard InChI is InChI=1S/C13H11ClN2O3/c1-9(17)8-19-12(18)6-5-10-13(14)15-11-4-2-3-7-16(10)11/h2-7H,8H2,1H3/b6-5+. The van der Waals surface area contributed by atoms with Gasteiger partial charge in [-0.3, -0.25) is 9.20 Å². The summed E-state index contributed by atoms with van der Waals surface area (Å²) in [5.41, 5.74) is 1.27. The van der Waals surface area contributed by atoms with Gasteiger partial charge in [0.15, 0.2) is 10.9 Å². The van der Waals surface area contributed by atoms with Crippen LogP contribution in [0.2, 0.25) is 5.15 Å². The van der Waals surface area contributed by atoms with E-state index >= 15 is 0 Å². The van der Waals surface area contributed by atoms with Crippen LogP contribution in [0.4, 0.5) is 0 Å². The molecule has 2 rings (SSSR count). The van der Waals surface area contributed by atoms with Crippen LogP contribution < -0.4 is 0 Å². The Balaban J connectivity index is 2.19. The Morgan fingerprint density at radius 1 is 1.47 bits per heavy atom. The lowest BCUT2D eigenvalue weighted by molar-refractivity contribution is -0.142. The van der Waals surface area contributed by atoms with Crippen molar-refractivity contribution in [3.63, 3.8) is 0 Å². The van der Waals surface area contributed by atoms with E-state index in [1.165, 1.54) is 19.1 Å². The van der Waals surface area contributed by atoms with E-state index in [4.69, 9.17) is 16.3 Å². The second-order valence-corrected chi connectivity index (χ2v) is 4.22. The first-order valence-electron chi connectivity index (χ1n) is 5.55. The number of imidazole rings is 1. The van der Waals surface area contributed by atoms with Crippen molar-refractivity contribution in [3.05, 3.63) is 41.3 Å². The zero-order chi connectivity index (χ0) is 13.8. The number of hydrogen-bond acceptors (Lipinski definition) is 4. The molecule has 0 saturated heterocycles. The van der Waals surface area contributed by atoms with Crippen LogP contribution in [-0.2, 0) is 14.3 Å². The molecule has 0 unspecified atom stereocenters. The zero-order valence-electron chi connectivity index (χ0n) is 10.2. The summed E-state index contributed by atoms with van der Waals surface area (Å²) in [4.78, 5) is 26.2. The van der Waals surface area contributed by atoms with Gasteiger partial charge >= 0.3 is 5.97 Å². The van der Waals surface area contributed by atoms with E-state index in [2.05, 4.69) is 4.98 Å². The van der Waals surface area contributed by atoms with Gasteiger partial charge in [0.25, 0.3) is 0 Å². The Hall–Kier alpha value is -2.14. The maximum absolute atomic E-state index is 11.4. The highest BCUT2D eigenvalue weighted by Gasteiger charge is 2.07. The summed E-state index contributed by atoms with van der Waals surface area (Å²) >= 11 is 5.99. The number of fused-ring (bicyclic) bond motifs is 1. The average molecular weight is 279 g/mol. The van der Waals surface area contributed by atoms with Crippen LogP contribution in [-0.4, -0.2) is 27.7 Å². The van der Waals surface area contributed by atoms with E-state index in [0.717, 1.165) is 0 Å². The molecular weight excluding hydrogens is 268 g/mol. The van der Waals surface area contributed by atoms with Crippen molar-refractivity contribution < 1.29 is 14.3 Å². The summed E-state index contributed by atoms with van der Waals surface area (Å²) in [5.74, 6) is -0.813. The molecule has 0 bridgehead atoms. The van der Waals surface area contributed by atoms with Crippen LogP contribution in [0.3, 0.4) is 0 Å². The van der Waals surface area contributed by atoms with Crippen molar-refractivity contribution in [2.24, 2.45) is 0 Å². The Labute approximate surface area is 114 Å². The predicted molar refractivity (Wildman–Crippen MR) is 70.9 cm³/mol. The lowest BCUT2D eigenvalue weighted by Gasteiger charge is -1.98. The van der Waals surface area contributed by atoms with Gasteiger partial charge in [-0.1, -0.05) is 17.7 Å². The lowest BCUT2D eigenvalue weighted by atomic mass is 10.4. The second kappa shape index (κ2) is 5.67. The number of nitrogens with zero attached hydrogens (tertiary/aromatic N) is 2. The molecule has 0 aromatic carbocycles. The summed E-state index contributed by atoms with van der Waals surface area (Å²) in [6, 6.07) is 5.47. The molecule has 0 amide bonds. The first-order chi connectivity index (χ1) is 9.08. The van der Waals surface area contributed by atoms with Crippen LogP contribution in [0.5, 0.6) is 0 Å². The molecule has 0 aliphatic carbocycles. The van der Waals surface area contributed by atoms with E-state index in [-0.39, 0.29) is 12.4 Å². The number of ether oxygens (including phenoxy) is 1. The summed E-state index contributed by atoms with van der Waals surface area (Å²) in [5, 5.41) is 0.293. The minimum atomic E-state index is -0.600. The van der Waals surface area contributed by atoms with E-state index in [1.807, 2.05) is 12.1 Å². The number of carbonyl (C=O) groups is 2. The Kier molecular flexibility index (Phi) is 3.97. The molecular formula is C13H11ClN2O3. The lowest BCUT2D eigenvalue weighted by Crippen LogP contribution is -2.08. The molecule has 5 nitrogen and oxygen atoms in total. The zero-order valence-corrected chi connectivity index (χ0v) is 10.9. The summed E-state index contributed by atoms with van der Waals surface area (Å²) in [6.45, 7) is 1.11. The van der Waals surface area contributed by atoms with Crippen molar-refractivity contribution in [1.82, 2.24) is 9.38 Å². The Morgan fingerprint density at radius 2 is 2.26 bits per heavy atom. The van der Waals surface area contributed by atoms with Crippen molar-refractivity contribution in [3.8, 4) is 0 Å². The number of esters is 1. The number of carbonyl (C=O) groups excluding carboxylic acids is 2. The SMILES string of the molecule is CC(=O)COC(=O)/C=C/c1c(Cl)nc2ccccn12. The monoisotopic (exact) mass is 278 g/mol. The van der Waals surface area contributed by atoms with Gasteiger partial charge in [0, 0.05) is 12.3 Å². The minimum absolute atomic E-state index is 0.213. The molecule has 2 aromatic rings. The van der Waals surface area contributed by atoms with Crippen LogP contribution in [0.25, 0.3) is 11.7 Å². The van der Waals surface area contributed by atoms with E-state index in [0.29, 0.717) is 16.5 Å². The fourth-order valence-electron chi connectivity index (χ4n) is 1.50. The fraction of sp³-hybridized carbons (Fsp3) is 0.154. The highest BCUT2D eigenvalue weighted by Crippen LogP contribution is 2.18. The molecule has 0 aliphatic rings. The number of Topliss-reactive ketones (excluding diaryl/α,β-unsaturated/α-hetero) is 1. The molecule has 0 spiro atoms. The molecule has 98 valence electrons. The molecule has 2 heterocycles. The van der Waals surface area contributed by atoms with E-state index < -0.39 is 5.97 Å². The molecule has 6 heteroatoms. The van der Waals surface area contributed by atoms with Gasteiger partial charge in [-0.25, -0.2) is 9.78 Å². The normalized spacial score (nSPS) is 11.1. The Bertz CT molecular complexity index is 661. The smallest absolute Gasteiger partial charge is 0.331 e. The molecule has 0 N–H and O–H groups in total. The highest BCUT2D eigenvalue weighted by atomic mass is 35.5. The molecule has 0 radical (unpaired) electrons. The summed E-state index contributed by atoms with van der Waals surface area (Å²) in [7, 11) is 0. The maximum Gasteiger partial charge on any atom is 0.331 e. The average Bonchev–Trinajstić information content (AvgIpc) is 2.69. The quantitative estimate of drug-likeness (QED) is 0.635. The second-order valence-electron chi connectivity index (χ2n) is 3.86. The highest BCUT2D eigenvalue weighted by molar-refractivity contribution is 6.31. The van der Waals surface area contributed by atoms with Crippen molar-refractivity contribution in [2.75, 3.05) is 6.61 Å². The third-order valence-corrected chi connectivity index (χ3v) is 2.60. The Morgan fingerprint density at radius 3 is 3.00 bits per heavy atom. The first kappa shape index (κ1) is 13.3. The summed E-state index contributed by atoms with van der Waals surface area (Å²) in [6.07, 6.45) is 4.50. The van der Waals surface area contributed by atoms with Gasteiger partial charge in [-0.2, -0.15) is 0 Å². The van der Waals surface area contributed by atoms with Crippen molar-refractivity contribution in [2.45, 2.75) is 6.92 Å². The number of hydrogen-bond donors (Lipinski definition) is 0. The number of ketones is 1. The van der Waals surface area contributed by atoms with Gasteiger partial charge in [0.2, 0.25) is 0 Å². The molecule has 0 saturated carbocycles. The maximum atomic E-state index is 11.4. The molecule has 0 aliphatic heterocycles. The molecule has 0 fully saturated rings. The third kappa shape index (κ3) is 3.20. The topological polar surface area (TPSA) is 60.7 Å². The first-order valence-corrected chi connectivity index (χ1v) is 5.92. The van der Waals surface area contributed by atoms with E-state index in [9.17, 15) is 9.59 Å². The van der Waals surface area contributed by atoms with Gasteiger partial charge in [-0.15, -0.1) is 0 Å². The van der Waals surface area contributed by atoms with Crippen molar-refractivity contribution >= 4 is 35.1 Å². The van der Waals surface area contributed by atoms with Gasteiger partial charge < -0.3 is 4.74 Å². The predicted octanol–water partition coefficient (Wildman–Crippen LogP) is 2.13. The molecule has 19 heavy (non-hydrogen) atoms. The molecule has 2 aromatic heterocycles. The van der Waals surface area contributed by atoms with Crippen LogP contribution in [0, 0.1) is 0 Å².